The Labute approximate surface area is 122 Å². The topological polar surface area (TPSA) is 86.6 Å². The van der Waals surface area contributed by atoms with E-state index in [0.29, 0.717) is 6.54 Å². The molecule has 5 nitrogen and oxygen atoms in total. The molecule has 0 amide bonds. The molecule has 22 heavy (non-hydrogen) atoms. The molecule has 2 rings (SSSR count). The normalized spacial score (nSPS) is 20.9. The predicted molar refractivity (Wildman–Crippen MR) is 66.9 cm³/mol. The van der Waals surface area contributed by atoms with E-state index in [-0.39, 0.29) is 11.7 Å². The van der Waals surface area contributed by atoms with Crippen LogP contribution in [0.15, 0.2) is 24.3 Å². The molecule has 2 atom stereocenters. The number of halogens is 4. The molecule has 1 heterocycles. The van der Waals surface area contributed by atoms with Crippen molar-refractivity contribution in [3.05, 3.63) is 35.6 Å². The third-order valence-electron chi connectivity index (χ3n) is 3.01. The Balaban J connectivity index is 0.000000295. The van der Waals surface area contributed by atoms with Gasteiger partial charge in [-0.05, 0) is 30.7 Å². The van der Waals surface area contributed by atoms with E-state index in [2.05, 4.69) is 5.32 Å². The number of hydrogen-bond acceptors (Lipinski definition) is 3. The molecule has 0 spiro atoms. The van der Waals surface area contributed by atoms with Crippen LogP contribution in [0.25, 0.3) is 0 Å². The highest BCUT2D eigenvalue weighted by molar-refractivity contribution is 5.75. The van der Waals surface area contributed by atoms with Gasteiger partial charge in [-0.3, -0.25) is 4.79 Å². The molecule has 1 aliphatic rings. The molecule has 3 N–H and O–H groups in total. The zero-order chi connectivity index (χ0) is 16.9. The van der Waals surface area contributed by atoms with Crippen LogP contribution in [0.4, 0.5) is 17.6 Å². The van der Waals surface area contributed by atoms with Gasteiger partial charge in [0.15, 0.2) is 0 Å². The van der Waals surface area contributed by atoms with E-state index in [1.165, 1.54) is 12.1 Å². The van der Waals surface area contributed by atoms with Crippen LogP contribution < -0.4 is 5.32 Å². The highest BCUT2D eigenvalue weighted by Gasteiger charge is 2.38. The van der Waals surface area contributed by atoms with E-state index in [0.717, 1.165) is 12.0 Å². The van der Waals surface area contributed by atoms with Crippen molar-refractivity contribution < 1.29 is 37.4 Å². The molecule has 1 aromatic rings. The van der Waals surface area contributed by atoms with Gasteiger partial charge >= 0.3 is 18.1 Å². The van der Waals surface area contributed by atoms with Crippen LogP contribution in [0.3, 0.4) is 0 Å². The summed E-state index contributed by atoms with van der Waals surface area (Å²) < 4.78 is 44.7. The summed E-state index contributed by atoms with van der Waals surface area (Å²) in [4.78, 5) is 19.8. The molecule has 2 unspecified atom stereocenters. The highest BCUT2D eigenvalue weighted by Crippen LogP contribution is 2.28. The predicted octanol–water partition coefficient (Wildman–Crippen LogP) is 1.99. The van der Waals surface area contributed by atoms with E-state index in [9.17, 15) is 22.4 Å². The number of aliphatic carboxylic acids is 2. The second-order valence-corrected chi connectivity index (χ2v) is 4.52. The summed E-state index contributed by atoms with van der Waals surface area (Å²) in [5.41, 5.74) is 0.757. The fraction of sp³-hybridized carbons (Fsp3) is 0.385. The largest absolute Gasteiger partial charge is 0.490 e. The summed E-state index contributed by atoms with van der Waals surface area (Å²) in [5.74, 6) is -4.07. The van der Waals surface area contributed by atoms with Gasteiger partial charge in [0.2, 0.25) is 0 Å². The maximum absolute atomic E-state index is 13.0. The van der Waals surface area contributed by atoms with Gasteiger partial charge in [0.1, 0.15) is 11.9 Å². The van der Waals surface area contributed by atoms with E-state index in [1.807, 2.05) is 0 Å². The second kappa shape index (κ2) is 7.21. The monoisotopic (exact) mass is 323 g/mol. The van der Waals surface area contributed by atoms with Crippen molar-refractivity contribution in [2.75, 3.05) is 6.54 Å². The zero-order valence-corrected chi connectivity index (χ0v) is 11.1. The van der Waals surface area contributed by atoms with Gasteiger partial charge < -0.3 is 15.5 Å². The number of carboxylic acid groups (broad SMARTS) is 2. The van der Waals surface area contributed by atoms with E-state index >= 15 is 0 Å². The molecule has 1 saturated heterocycles. The van der Waals surface area contributed by atoms with Gasteiger partial charge in [0.25, 0.3) is 0 Å². The minimum atomic E-state index is -5.08. The zero-order valence-electron chi connectivity index (χ0n) is 11.1. The average Bonchev–Trinajstić information content (AvgIpc) is 2.87. The molecular formula is C13H13F4NO4. The van der Waals surface area contributed by atoms with Gasteiger partial charge in [0, 0.05) is 5.92 Å². The quantitative estimate of drug-likeness (QED) is 0.725. The van der Waals surface area contributed by atoms with Crippen molar-refractivity contribution in [3.63, 3.8) is 0 Å². The van der Waals surface area contributed by atoms with Crippen molar-refractivity contribution in [1.29, 1.82) is 0 Å². The summed E-state index contributed by atoms with van der Waals surface area (Å²) in [5, 5.41) is 19.0. The van der Waals surface area contributed by atoms with Crippen molar-refractivity contribution >= 4 is 11.9 Å². The van der Waals surface area contributed by atoms with Crippen LogP contribution in [0.1, 0.15) is 17.9 Å². The molecule has 0 radical (unpaired) electrons. The van der Waals surface area contributed by atoms with Crippen molar-refractivity contribution in [3.8, 4) is 0 Å². The van der Waals surface area contributed by atoms with Gasteiger partial charge in [-0.25, -0.2) is 9.18 Å². The molecular weight excluding hydrogens is 310 g/mol. The number of rotatable bonds is 2. The smallest absolute Gasteiger partial charge is 0.480 e. The first-order valence-electron chi connectivity index (χ1n) is 6.14. The fourth-order valence-electron chi connectivity index (χ4n) is 2.06. The minimum Gasteiger partial charge on any atom is -0.480 e. The number of benzene rings is 1. The third kappa shape index (κ3) is 4.99. The molecule has 0 saturated carbocycles. The van der Waals surface area contributed by atoms with E-state index < -0.39 is 24.2 Å². The lowest BCUT2D eigenvalue weighted by molar-refractivity contribution is -0.192. The lowest BCUT2D eigenvalue weighted by Gasteiger charge is -2.15. The SMILES string of the molecule is O=C(O)C(F)(F)F.O=C(O)C1NCCC1c1cccc(F)c1. The Morgan fingerprint density at radius 2 is 1.82 bits per heavy atom. The van der Waals surface area contributed by atoms with E-state index in [1.54, 1.807) is 12.1 Å². The number of nitrogens with one attached hydrogen (secondary N) is 1. The summed E-state index contributed by atoms with van der Waals surface area (Å²) in [6.07, 6.45) is -4.35. The van der Waals surface area contributed by atoms with Crippen LogP contribution in [0, 0.1) is 5.82 Å². The Morgan fingerprint density at radius 1 is 1.23 bits per heavy atom. The van der Waals surface area contributed by atoms with Crippen molar-refractivity contribution in [2.24, 2.45) is 0 Å². The minimum absolute atomic E-state index is 0.127. The number of hydrogen-bond donors (Lipinski definition) is 3. The molecule has 9 heteroatoms. The standard InChI is InChI=1S/C11H12FNO2.C2HF3O2/c12-8-3-1-2-7(6-8)9-4-5-13-10(9)11(14)15;3-2(4,5)1(6)7/h1-3,6,9-10,13H,4-5H2,(H,14,15);(H,6,7). The fourth-order valence-corrected chi connectivity index (χ4v) is 2.06. The van der Waals surface area contributed by atoms with Gasteiger partial charge in [-0.2, -0.15) is 13.2 Å². The maximum Gasteiger partial charge on any atom is 0.490 e. The van der Waals surface area contributed by atoms with Crippen molar-refractivity contribution in [2.45, 2.75) is 24.6 Å². The second-order valence-electron chi connectivity index (χ2n) is 4.52. The van der Waals surface area contributed by atoms with Gasteiger partial charge in [0.05, 0.1) is 0 Å². The van der Waals surface area contributed by atoms with Gasteiger partial charge in [-0.1, -0.05) is 12.1 Å². The van der Waals surface area contributed by atoms with E-state index in [4.69, 9.17) is 15.0 Å². The Hall–Kier alpha value is -2.16. The molecule has 1 aliphatic heterocycles. The highest BCUT2D eigenvalue weighted by atomic mass is 19.4. The Kier molecular flexibility index (Phi) is 5.86. The summed E-state index contributed by atoms with van der Waals surface area (Å²) >= 11 is 0. The Morgan fingerprint density at radius 3 is 2.27 bits per heavy atom. The summed E-state index contributed by atoms with van der Waals surface area (Å²) in [6, 6.07) is 5.57. The Bertz CT molecular complexity index is 547. The molecule has 0 bridgehead atoms. The molecule has 0 aromatic heterocycles. The van der Waals surface area contributed by atoms with Gasteiger partial charge in [-0.15, -0.1) is 0 Å². The molecule has 122 valence electrons. The summed E-state index contributed by atoms with van der Waals surface area (Å²) in [6.45, 7) is 0.665. The first-order valence-corrected chi connectivity index (χ1v) is 6.14. The maximum atomic E-state index is 13.0. The average molecular weight is 323 g/mol. The first-order chi connectivity index (χ1) is 10.1. The summed E-state index contributed by atoms with van der Waals surface area (Å²) in [7, 11) is 0. The van der Waals surface area contributed by atoms with Crippen molar-refractivity contribution in [1.82, 2.24) is 5.32 Å². The molecule has 1 aromatic carbocycles. The third-order valence-corrected chi connectivity index (χ3v) is 3.01. The van der Waals surface area contributed by atoms with Crippen LogP contribution in [0.2, 0.25) is 0 Å². The number of alkyl halides is 3. The molecule has 1 fully saturated rings. The lowest BCUT2D eigenvalue weighted by Crippen LogP contribution is -2.34. The van der Waals surface area contributed by atoms with Crippen LogP contribution in [-0.2, 0) is 9.59 Å². The lowest BCUT2D eigenvalue weighted by atomic mass is 9.92. The number of carboxylic acids is 2. The van der Waals surface area contributed by atoms with Crippen LogP contribution in [-0.4, -0.2) is 40.9 Å². The first kappa shape index (κ1) is 17.9. The number of carbonyl (C=O) groups is 2. The molecule has 0 aliphatic carbocycles. The van der Waals surface area contributed by atoms with Crippen LogP contribution >= 0.6 is 0 Å². The van der Waals surface area contributed by atoms with Crippen LogP contribution in [0.5, 0.6) is 0 Å².